The van der Waals surface area contributed by atoms with Gasteiger partial charge in [0, 0.05) is 19.0 Å². The zero-order valence-electron chi connectivity index (χ0n) is 10.1. The van der Waals surface area contributed by atoms with Gasteiger partial charge in [-0.2, -0.15) is 4.98 Å². The molecule has 1 aromatic heterocycles. The molecule has 1 amide bonds. The standard InChI is InChI=1S/C12H17N3O2/c1-8-13-11(17-14-8)10-3-2-6-15(7-10)12(16)9-4-5-9/h9-10H,2-7H2,1H3. The third-order valence-corrected chi connectivity index (χ3v) is 3.55. The van der Waals surface area contributed by atoms with Gasteiger partial charge in [-0.3, -0.25) is 4.79 Å². The van der Waals surface area contributed by atoms with Crippen LogP contribution in [-0.2, 0) is 4.79 Å². The van der Waals surface area contributed by atoms with Crippen molar-refractivity contribution in [3.63, 3.8) is 0 Å². The lowest BCUT2D eigenvalue weighted by Gasteiger charge is -2.31. The van der Waals surface area contributed by atoms with Crippen molar-refractivity contribution in [1.29, 1.82) is 0 Å². The van der Waals surface area contributed by atoms with E-state index in [-0.39, 0.29) is 5.92 Å². The smallest absolute Gasteiger partial charge is 0.231 e. The molecule has 0 radical (unpaired) electrons. The van der Waals surface area contributed by atoms with Crippen LogP contribution in [0.2, 0.25) is 0 Å². The molecule has 2 heterocycles. The van der Waals surface area contributed by atoms with Crippen molar-refractivity contribution < 1.29 is 9.32 Å². The van der Waals surface area contributed by atoms with E-state index in [1.807, 2.05) is 11.8 Å². The number of hydrogen-bond donors (Lipinski definition) is 0. The number of hydrogen-bond acceptors (Lipinski definition) is 4. The Kier molecular flexibility index (Phi) is 2.61. The van der Waals surface area contributed by atoms with Gasteiger partial charge in [0.25, 0.3) is 0 Å². The Morgan fingerprint density at radius 3 is 2.88 bits per heavy atom. The average molecular weight is 235 g/mol. The van der Waals surface area contributed by atoms with Gasteiger partial charge in [0.1, 0.15) is 0 Å². The Morgan fingerprint density at radius 2 is 2.24 bits per heavy atom. The third kappa shape index (κ3) is 2.18. The first kappa shape index (κ1) is 10.7. The molecule has 1 aliphatic heterocycles. The van der Waals surface area contributed by atoms with Gasteiger partial charge < -0.3 is 9.42 Å². The molecule has 0 N–H and O–H groups in total. The summed E-state index contributed by atoms with van der Waals surface area (Å²) in [6.45, 7) is 3.46. The third-order valence-electron chi connectivity index (χ3n) is 3.55. The fourth-order valence-electron chi connectivity index (χ4n) is 2.45. The molecule has 0 spiro atoms. The van der Waals surface area contributed by atoms with Gasteiger partial charge in [-0.05, 0) is 32.6 Å². The van der Waals surface area contributed by atoms with Gasteiger partial charge in [0.2, 0.25) is 11.8 Å². The molecule has 1 aromatic rings. The fraction of sp³-hybridized carbons (Fsp3) is 0.750. The number of likely N-dealkylation sites (tertiary alicyclic amines) is 1. The minimum atomic E-state index is 0.229. The van der Waals surface area contributed by atoms with E-state index in [0.29, 0.717) is 23.5 Å². The van der Waals surface area contributed by atoms with E-state index in [2.05, 4.69) is 10.1 Å². The van der Waals surface area contributed by atoms with Crippen molar-refractivity contribution in [2.75, 3.05) is 13.1 Å². The van der Waals surface area contributed by atoms with Crippen molar-refractivity contribution in [2.45, 2.75) is 38.5 Å². The first-order valence-electron chi connectivity index (χ1n) is 6.33. The quantitative estimate of drug-likeness (QED) is 0.779. The second-order valence-corrected chi connectivity index (χ2v) is 5.08. The summed E-state index contributed by atoms with van der Waals surface area (Å²) in [5, 5.41) is 3.82. The summed E-state index contributed by atoms with van der Waals surface area (Å²) in [7, 11) is 0. The van der Waals surface area contributed by atoms with Crippen molar-refractivity contribution >= 4 is 5.91 Å². The molecule has 2 fully saturated rings. The van der Waals surface area contributed by atoms with Crippen LogP contribution in [0.4, 0.5) is 0 Å². The maximum atomic E-state index is 12.0. The van der Waals surface area contributed by atoms with E-state index in [0.717, 1.165) is 38.8 Å². The maximum absolute atomic E-state index is 12.0. The van der Waals surface area contributed by atoms with E-state index in [1.165, 1.54) is 0 Å². The predicted molar refractivity (Wildman–Crippen MR) is 60.3 cm³/mol. The summed E-state index contributed by atoms with van der Waals surface area (Å²) in [4.78, 5) is 18.3. The van der Waals surface area contributed by atoms with Crippen LogP contribution in [0.1, 0.15) is 43.3 Å². The van der Waals surface area contributed by atoms with E-state index < -0.39 is 0 Å². The van der Waals surface area contributed by atoms with E-state index in [4.69, 9.17) is 4.52 Å². The highest BCUT2D eigenvalue weighted by molar-refractivity contribution is 5.81. The molecule has 5 heteroatoms. The van der Waals surface area contributed by atoms with Gasteiger partial charge >= 0.3 is 0 Å². The van der Waals surface area contributed by atoms with Crippen LogP contribution < -0.4 is 0 Å². The molecule has 5 nitrogen and oxygen atoms in total. The van der Waals surface area contributed by atoms with E-state index in [1.54, 1.807) is 0 Å². The van der Waals surface area contributed by atoms with Gasteiger partial charge in [-0.1, -0.05) is 5.16 Å². The normalized spacial score (nSPS) is 25.0. The summed E-state index contributed by atoms with van der Waals surface area (Å²) in [5.41, 5.74) is 0. The topological polar surface area (TPSA) is 59.2 Å². The first-order valence-corrected chi connectivity index (χ1v) is 6.33. The van der Waals surface area contributed by atoms with Crippen LogP contribution in [-0.4, -0.2) is 34.0 Å². The lowest BCUT2D eigenvalue weighted by atomic mass is 9.97. The summed E-state index contributed by atoms with van der Waals surface area (Å²) < 4.78 is 5.21. The Morgan fingerprint density at radius 1 is 1.41 bits per heavy atom. The highest BCUT2D eigenvalue weighted by Gasteiger charge is 2.36. The Hall–Kier alpha value is -1.39. The summed E-state index contributed by atoms with van der Waals surface area (Å²) in [5.74, 6) is 2.22. The van der Waals surface area contributed by atoms with Gasteiger partial charge in [0.15, 0.2) is 5.82 Å². The molecule has 1 aliphatic carbocycles. The van der Waals surface area contributed by atoms with Crippen molar-refractivity contribution in [3.8, 4) is 0 Å². The van der Waals surface area contributed by atoms with Crippen LogP contribution in [0.25, 0.3) is 0 Å². The second kappa shape index (κ2) is 4.13. The zero-order valence-corrected chi connectivity index (χ0v) is 10.1. The predicted octanol–water partition coefficient (Wildman–Crippen LogP) is 1.49. The molecule has 1 saturated carbocycles. The minimum Gasteiger partial charge on any atom is -0.342 e. The number of amides is 1. The molecule has 3 rings (SSSR count). The molecular weight excluding hydrogens is 218 g/mol. The van der Waals surface area contributed by atoms with Crippen molar-refractivity contribution in [2.24, 2.45) is 5.92 Å². The highest BCUT2D eigenvalue weighted by atomic mass is 16.5. The number of aryl methyl sites for hydroxylation is 1. The van der Waals surface area contributed by atoms with E-state index in [9.17, 15) is 4.79 Å². The van der Waals surface area contributed by atoms with E-state index >= 15 is 0 Å². The van der Waals surface area contributed by atoms with Crippen molar-refractivity contribution in [1.82, 2.24) is 15.0 Å². The van der Waals surface area contributed by atoms with Crippen molar-refractivity contribution in [3.05, 3.63) is 11.7 Å². The number of carbonyl (C=O) groups is 1. The fourth-order valence-corrected chi connectivity index (χ4v) is 2.45. The second-order valence-electron chi connectivity index (χ2n) is 5.08. The lowest BCUT2D eigenvalue weighted by Crippen LogP contribution is -2.40. The summed E-state index contributed by atoms with van der Waals surface area (Å²) in [6.07, 6.45) is 4.21. The molecule has 0 bridgehead atoms. The van der Waals surface area contributed by atoms with Crippen LogP contribution in [0, 0.1) is 12.8 Å². The van der Waals surface area contributed by atoms with Gasteiger partial charge in [-0.15, -0.1) is 0 Å². The molecule has 0 aromatic carbocycles. The Labute approximate surface area is 100 Å². The lowest BCUT2D eigenvalue weighted by molar-refractivity contribution is -0.133. The molecule has 2 aliphatic rings. The number of piperidine rings is 1. The number of nitrogens with zero attached hydrogens (tertiary/aromatic N) is 3. The highest BCUT2D eigenvalue weighted by Crippen LogP contribution is 2.34. The maximum Gasteiger partial charge on any atom is 0.231 e. The summed E-state index contributed by atoms with van der Waals surface area (Å²) >= 11 is 0. The Bertz CT molecular complexity index is 425. The first-order chi connectivity index (χ1) is 8.24. The summed E-state index contributed by atoms with van der Waals surface area (Å²) in [6, 6.07) is 0. The number of aromatic nitrogens is 2. The Balaban J connectivity index is 1.68. The minimum absolute atomic E-state index is 0.229. The number of carbonyl (C=O) groups excluding carboxylic acids is 1. The largest absolute Gasteiger partial charge is 0.342 e. The van der Waals surface area contributed by atoms with Crippen LogP contribution >= 0.6 is 0 Å². The number of rotatable bonds is 2. The average Bonchev–Trinajstić information content (AvgIpc) is 3.11. The molecule has 92 valence electrons. The molecular formula is C12H17N3O2. The van der Waals surface area contributed by atoms with Gasteiger partial charge in [0.05, 0.1) is 5.92 Å². The molecule has 1 unspecified atom stereocenters. The van der Waals surface area contributed by atoms with Crippen LogP contribution in [0.15, 0.2) is 4.52 Å². The monoisotopic (exact) mass is 235 g/mol. The van der Waals surface area contributed by atoms with Gasteiger partial charge in [-0.25, -0.2) is 0 Å². The zero-order chi connectivity index (χ0) is 11.8. The van der Waals surface area contributed by atoms with Crippen LogP contribution in [0.3, 0.4) is 0 Å². The molecule has 1 atom stereocenters. The molecule has 17 heavy (non-hydrogen) atoms. The van der Waals surface area contributed by atoms with Crippen LogP contribution in [0.5, 0.6) is 0 Å². The molecule has 1 saturated heterocycles. The SMILES string of the molecule is Cc1noc(C2CCCN(C(=O)C3CC3)C2)n1.